The molecular weight excluding hydrogens is 344 g/mol. The molecule has 1 aromatic heterocycles. The summed E-state index contributed by atoms with van der Waals surface area (Å²) in [7, 11) is 0. The summed E-state index contributed by atoms with van der Waals surface area (Å²) in [6.07, 6.45) is 2.09. The van der Waals surface area contributed by atoms with Crippen molar-refractivity contribution in [2.75, 3.05) is 6.54 Å². The Balaban J connectivity index is 1.43. The Morgan fingerprint density at radius 3 is 2.25 bits per heavy atom. The number of carbonyl (C=O) groups is 1. The molecule has 3 aromatic carbocycles. The molecule has 1 heterocycles. The van der Waals surface area contributed by atoms with Crippen molar-refractivity contribution in [2.45, 2.75) is 19.3 Å². The van der Waals surface area contributed by atoms with Gasteiger partial charge in [0.05, 0.1) is 0 Å². The number of nitrogens with one attached hydrogen (secondary N) is 2. The van der Waals surface area contributed by atoms with Crippen molar-refractivity contribution in [2.24, 2.45) is 0 Å². The average Bonchev–Trinajstić information content (AvgIpc) is 3.12. The van der Waals surface area contributed by atoms with Crippen molar-refractivity contribution in [1.82, 2.24) is 10.3 Å². The van der Waals surface area contributed by atoms with Crippen LogP contribution in [0.25, 0.3) is 22.2 Å². The van der Waals surface area contributed by atoms with E-state index in [2.05, 4.69) is 64.9 Å². The van der Waals surface area contributed by atoms with Crippen molar-refractivity contribution in [3.63, 3.8) is 0 Å². The zero-order valence-electron chi connectivity index (χ0n) is 15.8. The highest BCUT2D eigenvalue weighted by molar-refractivity contribution is 5.90. The van der Waals surface area contributed by atoms with Crippen LogP contribution in [-0.2, 0) is 17.6 Å². The van der Waals surface area contributed by atoms with Crippen LogP contribution in [0.15, 0.2) is 84.9 Å². The highest BCUT2D eigenvalue weighted by Gasteiger charge is 2.13. The number of rotatable bonds is 7. The molecule has 1 amide bonds. The van der Waals surface area contributed by atoms with Gasteiger partial charge in [0.1, 0.15) is 0 Å². The molecule has 0 aliphatic rings. The Morgan fingerprint density at radius 1 is 0.786 bits per heavy atom. The third-order valence-corrected chi connectivity index (χ3v) is 5.06. The topological polar surface area (TPSA) is 44.9 Å². The lowest BCUT2D eigenvalue weighted by Crippen LogP contribution is -2.25. The lowest BCUT2D eigenvalue weighted by molar-refractivity contribution is -0.121. The van der Waals surface area contributed by atoms with Crippen molar-refractivity contribution in [3.05, 3.63) is 96.1 Å². The van der Waals surface area contributed by atoms with Crippen LogP contribution in [-0.4, -0.2) is 17.4 Å². The van der Waals surface area contributed by atoms with E-state index >= 15 is 0 Å². The molecule has 4 rings (SSSR count). The molecule has 3 heteroatoms. The second kappa shape index (κ2) is 8.57. The van der Waals surface area contributed by atoms with Gasteiger partial charge in [-0.05, 0) is 35.6 Å². The van der Waals surface area contributed by atoms with E-state index in [-0.39, 0.29) is 5.91 Å². The molecule has 0 radical (unpaired) electrons. The molecule has 0 aliphatic heterocycles. The van der Waals surface area contributed by atoms with Gasteiger partial charge < -0.3 is 10.3 Å². The predicted octanol–water partition coefficient (Wildman–Crippen LogP) is 5.13. The summed E-state index contributed by atoms with van der Waals surface area (Å²) in [5, 5.41) is 4.30. The number of hydrogen-bond donors (Lipinski definition) is 2. The highest BCUT2D eigenvalue weighted by atomic mass is 16.1. The third kappa shape index (κ3) is 4.15. The number of para-hydroxylation sites is 1. The molecular formula is C25H24N2O. The van der Waals surface area contributed by atoms with Gasteiger partial charge in [-0.1, -0.05) is 78.9 Å². The van der Waals surface area contributed by atoms with E-state index in [0.717, 1.165) is 24.1 Å². The molecule has 0 unspecified atom stereocenters. The van der Waals surface area contributed by atoms with Crippen LogP contribution < -0.4 is 5.32 Å². The number of aryl methyl sites for hydroxylation is 1. The normalized spacial score (nSPS) is 10.9. The van der Waals surface area contributed by atoms with E-state index in [9.17, 15) is 4.79 Å². The number of carbonyl (C=O) groups excluding carboxylic acids is 1. The Hall–Kier alpha value is -3.33. The second-order valence-electron chi connectivity index (χ2n) is 6.98. The van der Waals surface area contributed by atoms with Gasteiger partial charge in [0, 0.05) is 29.6 Å². The van der Waals surface area contributed by atoms with E-state index < -0.39 is 0 Å². The molecule has 0 saturated heterocycles. The van der Waals surface area contributed by atoms with Gasteiger partial charge in [0.2, 0.25) is 5.91 Å². The lowest BCUT2D eigenvalue weighted by Gasteiger charge is -2.08. The van der Waals surface area contributed by atoms with Crippen molar-refractivity contribution >= 4 is 16.8 Å². The van der Waals surface area contributed by atoms with E-state index in [4.69, 9.17) is 0 Å². The predicted molar refractivity (Wildman–Crippen MR) is 115 cm³/mol. The molecule has 0 bridgehead atoms. The van der Waals surface area contributed by atoms with Crippen LogP contribution in [0, 0.1) is 0 Å². The molecule has 0 saturated carbocycles. The van der Waals surface area contributed by atoms with Crippen LogP contribution in [0.2, 0.25) is 0 Å². The number of H-pyrrole nitrogens is 1. The summed E-state index contributed by atoms with van der Waals surface area (Å²) < 4.78 is 0. The first-order valence-corrected chi connectivity index (χ1v) is 9.77. The molecule has 2 N–H and O–H groups in total. The molecule has 4 aromatic rings. The molecule has 0 spiro atoms. The average molecular weight is 368 g/mol. The van der Waals surface area contributed by atoms with Crippen LogP contribution in [0.1, 0.15) is 17.5 Å². The minimum atomic E-state index is 0.102. The number of fused-ring (bicyclic) bond motifs is 1. The van der Waals surface area contributed by atoms with Crippen LogP contribution in [0.3, 0.4) is 0 Å². The van der Waals surface area contributed by atoms with E-state index in [1.165, 1.54) is 22.1 Å². The van der Waals surface area contributed by atoms with Crippen LogP contribution in [0.5, 0.6) is 0 Å². The number of aromatic amines is 1. The molecule has 0 aliphatic carbocycles. The maximum Gasteiger partial charge on any atom is 0.220 e. The van der Waals surface area contributed by atoms with Gasteiger partial charge in [0.25, 0.3) is 0 Å². The zero-order chi connectivity index (χ0) is 19.2. The van der Waals surface area contributed by atoms with E-state index in [1.807, 2.05) is 30.3 Å². The van der Waals surface area contributed by atoms with Gasteiger partial charge in [-0.2, -0.15) is 0 Å². The minimum absolute atomic E-state index is 0.102. The summed E-state index contributed by atoms with van der Waals surface area (Å²) in [6, 6.07) is 28.9. The number of amides is 1. The lowest BCUT2D eigenvalue weighted by atomic mass is 10.0. The fourth-order valence-electron chi connectivity index (χ4n) is 3.63. The van der Waals surface area contributed by atoms with Crippen molar-refractivity contribution in [1.29, 1.82) is 0 Å². The van der Waals surface area contributed by atoms with Crippen LogP contribution in [0.4, 0.5) is 0 Å². The Kier molecular flexibility index (Phi) is 5.53. The van der Waals surface area contributed by atoms with Gasteiger partial charge in [0.15, 0.2) is 0 Å². The number of aromatic nitrogens is 1. The quantitative estimate of drug-likeness (QED) is 0.467. The van der Waals surface area contributed by atoms with Gasteiger partial charge >= 0.3 is 0 Å². The standard InChI is InChI=1S/C25H24N2O/c28-24(16-15-19-9-3-1-4-10-19)26-18-17-22-21-13-7-8-14-23(21)27-25(22)20-11-5-2-6-12-20/h1-14,27H,15-18H2,(H,26,28). The first-order valence-electron chi connectivity index (χ1n) is 9.77. The van der Waals surface area contributed by atoms with Crippen LogP contribution >= 0.6 is 0 Å². The van der Waals surface area contributed by atoms with Crippen molar-refractivity contribution < 1.29 is 4.79 Å². The molecule has 28 heavy (non-hydrogen) atoms. The zero-order valence-corrected chi connectivity index (χ0v) is 15.8. The summed E-state index contributed by atoms with van der Waals surface area (Å²) in [5.41, 5.74) is 5.89. The Morgan fingerprint density at radius 2 is 1.46 bits per heavy atom. The summed E-state index contributed by atoms with van der Waals surface area (Å²) in [4.78, 5) is 15.8. The maximum absolute atomic E-state index is 12.2. The van der Waals surface area contributed by atoms with E-state index in [0.29, 0.717) is 13.0 Å². The summed E-state index contributed by atoms with van der Waals surface area (Å²) in [5.74, 6) is 0.102. The highest BCUT2D eigenvalue weighted by Crippen LogP contribution is 2.30. The van der Waals surface area contributed by atoms with Gasteiger partial charge in [-0.25, -0.2) is 0 Å². The fraction of sp³-hybridized carbons (Fsp3) is 0.160. The first-order chi connectivity index (χ1) is 13.8. The number of benzene rings is 3. The molecule has 0 atom stereocenters. The first kappa shape index (κ1) is 18.1. The van der Waals surface area contributed by atoms with Gasteiger partial charge in [-0.3, -0.25) is 4.79 Å². The fourth-order valence-corrected chi connectivity index (χ4v) is 3.63. The molecule has 3 nitrogen and oxygen atoms in total. The summed E-state index contributed by atoms with van der Waals surface area (Å²) in [6.45, 7) is 0.634. The SMILES string of the molecule is O=C(CCc1ccccc1)NCCc1c(-c2ccccc2)[nH]c2ccccc12. The summed E-state index contributed by atoms with van der Waals surface area (Å²) >= 11 is 0. The smallest absolute Gasteiger partial charge is 0.220 e. The van der Waals surface area contributed by atoms with E-state index in [1.54, 1.807) is 0 Å². The molecule has 140 valence electrons. The second-order valence-corrected chi connectivity index (χ2v) is 6.98. The Labute approximate surface area is 165 Å². The minimum Gasteiger partial charge on any atom is -0.356 e. The monoisotopic (exact) mass is 368 g/mol. The Bertz CT molecular complexity index is 1050. The largest absolute Gasteiger partial charge is 0.356 e. The molecule has 0 fully saturated rings. The van der Waals surface area contributed by atoms with Gasteiger partial charge in [-0.15, -0.1) is 0 Å². The maximum atomic E-state index is 12.2. The third-order valence-electron chi connectivity index (χ3n) is 5.06. The van der Waals surface area contributed by atoms with Crippen molar-refractivity contribution in [3.8, 4) is 11.3 Å². The number of hydrogen-bond acceptors (Lipinski definition) is 1.